The summed E-state index contributed by atoms with van der Waals surface area (Å²) in [7, 11) is 0. The van der Waals surface area contributed by atoms with Gasteiger partial charge in [0, 0.05) is 12.2 Å². The predicted molar refractivity (Wildman–Crippen MR) is 121 cm³/mol. The third-order valence-corrected chi connectivity index (χ3v) is 5.76. The number of nitrogens with two attached hydrogens (primary N) is 1. The fourth-order valence-corrected chi connectivity index (χ4v) is 4.29. The maximum Gasteiger partial charge on any atom is 0.0111 e. The molecular formula is C26H32N2. The van der Waals surface area contributed by atoms with Crippen LogP contribution in [0.1, 0.15) is 36.5 Å². The molecule has 0 bridgehead atoms. The highest BCUT2D eigenvalue weighted by Gasteiger charge is 2.26. The second kappa shape index (κ2) is 9.07. The summed E-state index contributed by atoms with van der Waals surface area (Å²) in [6.45, 7) is 10.2. The van der Waals surface area contributed by atoms with Gasteiger partial charge in [0.15, 0.2) is 0 Å². The molecule has 0 aliphatic heterocycles. The SMILES string of the molecule is C=CN/C=C\C1=C(C)C(Cc2cccc(-c3cc(C)cc(C)c3)c2)C(N)CC1. The van der Waals surface area contributed by atoms with E-state index in [-0.39, 0.29) is 6.04 Å². The molecule has 28 heavy (non-hydrogen) atoms. The predicted octanol–water partition coefficient (Wildman–Crippen LogP) is 5.81. The van der Waals surface area contributed by atoms with Gasteiger partial charge in [-0.2, -0.15) is 0 Å². The van der Waals surface area contributed by atoms with E-state index in [1.54, 1.807) is 6.20 Å². The molecule has 3 N–H and O–H groups in total. The third-order valence-electron chi connectivity index (χ3n) is 5.76. The van der Waals surface area contributed by atoms with Gasteiger partial charge >= 0.3 is 0 Å². The van der Waals surface area contributed by atoms with E-state index in [9.17, 15) is 0 Å². The van der Waals surface area contributed by atoms with Gasteiger partial charge in [0.1, 0.15) is 0 Å². The van der Waals surface area contributed by atoms with E-state index < -0.39 is 0 Å². The zero-order chi connectivity index (χ0) is 20.1. The Kier molecular flexibility index (Phi) is 6.53. The van der Waals surface area contributed by atoms with Crippen molar-refractivity contribution in [3.05, 3.63) is 95.4 Å². The number of hydrogen-bond acceptors (Lipinski definition) is 2. The Morgan fingerprint density at radius 2 is 1.82 bits per heavy atom. The summed E-state index contributed by atoms with van der Waals surface area (Å²) in [5.74, 6) is 0.381. The average Bonchev–Trinajstić information content (AvgIpc) is 2.66. The van der Waals surface area contributed by atoms with E-state index in [0.29, 0.717) is 5.92 Å². The van der Waals surface area contributed by atoms with E-state index >= 15 is 0 Å². The van der Waals surface area contributed by atoms with Crippen molar-refractivity contribution in [2.24, 2.45) is 11.7 Å². The van der Waals surface area contributed by atoms with Gasteiger partial charge in [0.25, 0.3) is 0 Å². The zero-order valence-electron chi connectivity index (χ0n) is 17.3. The van der Waals surface area contributed by atoms with Crippen molar-refractivity contribution in [2.45, 2.75) is 46.1 Å². The number of benzene rings is 2. The minimum atomic E-state index is 0.217. The summed E-state index contributed by atoms with van der Waals surface area (Å²) in [6.07, 6.45) is 8.88. The van der Waals surface area contributed by atoms with E-state index in [1.165, 1.54) is 39.0 Å². The quantitative estimate of drug-likeness (QED) is 0.671. The Hall–Kier alpha value is -2.58. The summed E-state index contributed by atoms with van der Waals surface area (Å²) in [5, 5.41) is 3.04. The van der Waals surface area contributed by atoms with Gasteiger partial charge in [-0.1, -0.05) is 65.7 Å². The van der Waals surface area contributed by atoms with Crippen LogP contribution in [0.15, 0.2) is 78.7 Å². The number of nitrogens with one attached hydrogen (secondary N) is 1. The van der Waals surface area contributed by atoms with Gasteiger partial charge in [-0.15, -0.1) is 0 Å². The van der Waals surface area contributed by atoms with Crippen LogP contribution in [-0.4, -0.2) is 6.04 Å². The van der Waals surface area contributed by atoms with Crippen LogP contribution in [-0.2, 0) is 6.42 Å². The molecule has 1 aliphatic carbocycles. The summed E-state index contributed by atoms with van der Waals surface area (Å²) in [6, 6.07) is 15.9. The number of aryl methyl sites for hydroxylation is 2. The van der Waals surface area contributed by atoms with Crippen LogP contribution in [0.25, 0.3) is 11.1 Å². The molecule has 1 aliphatic rings. The van der Waals surface area contributed by atoms with Gasteiger partial charge in [0.05, 0.1) is 0 Å². The van der Waals surface area contributed by atoms with Crippen molar-refractivity contribution in [2.75, 3.05) is 0 Å². The molecule has 146 valence electrons. The molecule has 2 heteroatoms. The average molecular weight is 373 g/mol. The Morgan fingerprint density at radius 3 is 2.54 bits per heavy atom. The van der Waals surface area contributed by atoms with Crippen molar-refractivity contribution >= 4 is 0 Å². The fourth-order valence-electron chi connectivity index (χ4n) is 4.29. The van der Waals surface area contributed by atoms with Crippen LogP contribution in [0.3, 0.4) is 0 Å². The molecule has 0 fully saturated rings. The van der Waals surface area contributed by atoms with E-state index in [2.05, 4.69) is 81.2 Å². The van der Waals surface area contributed by atoms with Gasteiger partial charge in [-0.25, -0.2) is 0 Å². The molecule has 0 amide bonds. The lowest BCUT2D eigenvalue weighted by molar-refractivity contribution is 0.424. The Bertz CT molecular complexity index is 884. The maximum atomic E-state index is 6.53. The molecule has 2 nitrogen and oxygen atoms in total. The first-order chi connectivity index (χ1) is 13.5. The topological polar surface area (TPSA) is 38.0 Å². The van der Waals surface area contributed by atoms with Crippen LogP contribution >= 0.6 is 0 Å². The molecule has 0 saturated heterocycles. The molecule has 2 aromatic rings. The first-order valence-corrected chi connectivity index (χ1v) is 10.1. The van der Waals surface area contributed by atoms with Gasteiger partial charge < -0.3 is 11.1 Å². The zero-order valence-corrected chi connectivity index (χ0v) is 17.3. The lowest BCUT2D eigenvalue weighted by Gasteiger charge is -2.31. The second-order valence-electron chi connectivity index (χ2n) is 8.00. The highest BCUT2D eigenvalue weighted by atomic mass is 14.8. The normalized spacial score (nSPS) is 19.9. The summed E-state index contributed by atoms with van der Waals surface area (Å²) >= 11 is 0. The van der Waals surface area contributed by atoms with Crippen molar-refractivity contribution in [3.8, 4) is 11.1 Å². The van der Waals surface area contributed by atoms with Gasteiger partial charge in [-0.3, -0.25) is 0 Å². The molecule has 0 radical (unpaired) electrons. The molecule has 2 aromatic carbocycles. The first-order valence-electron chi connectivity index (χ1n) is 10.1. The third kappa shape index (κ3) is 4.82. The van der Waals surface area contributed by atoms with E-state index in [0.717, 1.165) is 19.3 Å². The monoisotopic (exact) mass is 372 g/mol. The fraction of sp³-hybridized carbons (Fsp3) is 0.308. The molecule has 3 rings (SSSR count). The molecular weight excluding hydrogens is 340 g/mol. The Morgan fingerprint density at radius 1 is 1.07 bits per heavy atom. The van der Waals surface area contributed by atoms with E-state index in [4.69, 9.17) is 5.73 Å². The molecule has 0 spiro atoms. The van der Waals surface area contributed by atoms with E-state index in [1.807, 2.05) is 6.20 Å². The highest BCUT2D eigenvalue weighted by Crippen LogP contribution is 2.33. The number of hydrogen-bond donors (Lipinski definition) is 2. The number of allylic oxidation sites excluding steroid dienone is 2. The van der Waals surface area contributed by atoms with Crippen molar-refractivity contribution in [1.82, 2.24) is 5.32 Å². The lowest BCUT2D eigenvalue weighted by atomic mass is 9.77. The standard InChI is InChI=1S/C26H32N2/c1-5-28-12-11-22-9-10-26(27)25(20(22)4)17-21-7-6-8-23(16-21)24-14-18(2)13-19(3)15-24/h5-8,11-16,25-26,28H,1,9-10,17,27H2,2-4H3/b12-11-. The maximum absolute atomic E-state index is 6.53. The molecule has 2 unspecified atom stereocenters. The molecule has 2 atom stereocenters. The second-order valence-corrected chi connectivity index (χ2v) is 8.00. The largest absolute Gasteiger partial charge is 0.368 e. The van der Waals surface area contributed by atoms with Crippen LogP contribution in [0.4, 0.5) is 0 Å². The van der Waals surface area contributed by atoms with Crippen molar-refractivity contribution in [3.63, 3.8) is 0 Å². The molecule has 0 saturated carbocycles. The van der Waals surface area contributed by atoms with Crippen molar-refractivity contribution < 1.29 is 0 Å². The Balaban J connectivity index is 1.86. The minimum Gasteiger partial charge on any atom is -0.368 e. The summed E-state index contributed by atoms with van der Waals surface area (Å²) in [5.41, 5.74) is 15.9. The molecule has 0 aromatic heterocycles. The van der Waals surface area contributed by atoms with Gasteiger partial charge in [0.2, 0.25) is 0 Å². The van der Waals surface area contributed by atoms with Crippen LogP contribution < -0.4 is 11.1 Å². The molecule has 0 heterocycles. The Labute approximate surface area is 169 Å². The number of rotatable bonds is 6. The smallest absolute Gasteiger partial charge is 0.0111 e. The van der Waals surface area contributed by atoms with Crippen molar-refractivity contribution in [1.29, 1.82) is 0 Å². The van der Waals surface area contributed by atoms with Crippen LogP contribution in [0.5, 0.6) is 0 Å². The highest BCUT2D eigenvalue weighted by molar-refractivity contribution is 5.66. The summed E-state index contributed by atoms with van der Waals surface area (Å²) in [4.78, 5) is 0. The first kappa shape index (κ1) is 20.2. The van der Waals surface area contributed by atoms with Crippen LogP contribution in [0, 0.1) is 19.8 Å². The summed E-state index contributed by atoms with van der Waals surface area (Å²) < 4.78 is 0. The lowest BCUT2D eigenvalue weighted by Crippen LogP contribution is -2.35. The van der Waals surface area contributed by atoms with Gasteiger partial charge in [-0.05, 0) is 80.5 Å². The minimum absolute atomic E-state index is 0.217. The van der Waals surface area contributed by atoms with Crippen LogP contribution in [0.2, 0.25) is 0 Å².